The molecule has 128 valence electrons. The molecule has 0 saturated carbocycles. The van der Waals surface area contributed by atoms with Crippen molar-refractivity contribution < 1.29 is 18.7 Å². The Morgan fingerprint density at radius 1 is 1.21 bits per heavy atom. The molecule has 4 nitrogen and oxygen atoms in total. The standard InChI is InChI=1S/C18H20F2N2O2/c1-12(7-18(24)22-16-4-2-3-15(19)9-16)21-10-13-5-6-17(20)14(8-13)11-23/h2-6,8-9,12,21,23H,7,10-11H2,1H3,(H,22,24). The van der Waals surface area contributed by atoms with Gasteiger partial charge in [0.1, 0.15) is 11.6 Å². The summed E-state index contributed by atoms with van der Waals surface area (Å²) in [6.07, 6.45) is 0.213. The van der Waals surface area contributed by atoms with Crippen LogP contribution >= 0.6 is 0 Å². The maximum atomic E-state index is 13.3. The van der Waals surface area contributed by atoms with E-state index in [1.54, 1.807) is 18.2 Å². The molecule has 1 amide bonds. The summed E-state index contributed by atoms with van der Waals surface area (Å²) in [7, 11) is 0. The highest BCUT2D eigenvalue weighted by Gasteiger charge is 2.10. The van der Waals surface area contributed by atoms with E-state index in [-0.39, 0.29) is 30.5 Å². The van der Waals surface area contributed by atoms with Gasteiger partial charge in [0.05, 0.1) is 6.61 Å². The van der Waals surface area contributed by atoms with Crippen LogP contribution in [0.4, 0.5) is 14.5 Å². The highest BCUT2D eigenvalue weighted by Crippen LogP contribution is 2.12. The molecule has 0 heterocycles. The van der Waals surface area contributed by atoms with Gasteiger partial charge >= 0.3 is 0 Å². The molecule has 2 aromatic rings. The quantitative estimate of drug-likeness (QED) is 0.729. The Hall–Kier alpha value is -2.31. The Kier molecular flexibility index (Phi) is 6.40. The second kappa shape index (κ2) is 8.52. The van der Waals surface area contributed by atoms with Gasteiger partial charge in [-0.05, 0) is 42.8 Å². The van der Waals surface area contributed by atoms with Gasteiger partial charge in [0.15, 0.2) is 0 Å². The van der Waals surface area contributed by atoms with Gasteiger partial charge in [-0.3, -0.25) is 4.79 Å². The van der Waals surface area contributed by atoms with Crippen LogP contribution in [0.15, 0.2) is 42.5 Å². The Balaban J connectivity index is 1.82. The first kappa shape index (κ1) is 18.0. The summed E-state index contributed by atoms with van der Waals surface area (Å²) in [4.78, 5) is 11.9. The van der Waals surface area contributed by atoms with Crippen LogP contribution in [0, 0.1) is 11.6 Å². The van der Waals surface area contributed by atoms with Crippen LogP contribution in [0.2, 0.25) is 0 Å². The van der Waals surface area contributed by atoms with Crippen molar-refractivity contribution in [2.75, 3.05) is 5.32 Å². The van der Waals surface area contributed by atoms with Gasteiger partial charge in [-0.1, -0.05) is 12.1 Å². The number of carbonyl (C=O) groups excluding carboxylic acids is 1. The predicted molar refractivity (Wildman–Crippen MR) is 88.3 cm³/mol. The number of carbonyl (C=O) groups is 1. The second-order valence-corrected chi connectivity index (χ2v) is 5.63. The lowest BCUT2D eigenvalue weighted by atomic mass is 10.1. The highest BCUT2D eigenvalue weighted by atomic mass is 19.1. The van der Waals surface area contributed by atoms with Crippen molar-refractivity contribution in [2.24, 2.45) is 0 Å². The van der Waals surface area contributed by atoms with E-state index in [0.717, 1.165) is 5.56 Å². The fourth-order valence-electron chi connectivity index (χ4n) is 2.28. The lowest BCUT2D eigenvalue weighted by molar-refractivity contribution is -0.116. The van der Waals surface area contributed by atoms with Gasteiger partial charge in [-0.25, -0.2) is 8.78 Å². The van der Waals surface area contributed by atoms with Crippen molar-refractivity contribution in [1.29, 1.82) is 0 Å². The van der Waals surface area contributed by atoms with Crippen molar-refractivity contribution in [3.8, 4) is 0 Å². The average molecular weight is 334 g/mol. The van der Waals surface area contributed by atoms with Crippen LogP contribution in [0.3, 0.4) is 0 Å². The molecular formula is C18H20F2N2O2. The van der Waals surface area contributed by atoms with Crippen molar-refractivity contribution in [3.05, 3.63) is 65.2 Å². The Bertz CT molecular complexity index is 707. The summed E-state index contributed by atoms with van der Waals surface area (Å²) in [6, 6.07) is 10.1. The third-order valence-electron chi connectivity index (χ3n) is 3.54. The van der Waals surface area contributed by atoms with E-state index in [0.29, 0.717) is 12.2 Å². The summed E-state index contributed by atoms with van der Waals surface area (Å²) in [5.74, 6) is -1.07. The number of hydrogen-bond acceptors (Lipinski definition) is 3. The molecule has 0 aliphatic rings. The molecular weight excluding hydrogens is 314 g/mol. The number of halogens is 2. The number of aliphatic hydroxyl groups excluding tert-OH is 1. The Morgan fingerprint density at radius 2 is 2.00 bits per heavy atom. The van der Waals surface area contributed by atoms with Crippen molar-refractivity contribution in [2.45, 2.75) is 32.5 Å². The SMILES string of the molecule is CC(CC(=O)Nc1cccc(F)c1)NCc1ccc(F)c(CO)c1. The van der Waals surface area contributed by atoms with Gasteiger partial charge in [-0.2, -0.15) is 0 Å². The van der Waals surface area contributed by atoms with Crippen LogP contribution in [0.1, 0.15) is 24.5 Å². The van der Waals surface area contributed by atoms with Crippen molar-refractivity contribution in [3.63, 3.8) is 0 Å². The molecule has 0 aliphatic heterocycles. The second-order valence-electron chi connectivity index (χ2n) is 5.63. The smallest absolute Gasteiger partial charge is 0.225 e. The van der Waals surface area contributed by atoms with E-state index in [9.17, 15) is 13.6 Å². The molecule has 0 aromatic heterocycles. The number of hydrogen-bond donors (Lipinski definition) is 3. The minimum absolute atomic E-state index is 0.124. The number of aliphatic hydroxyl groups is 1. The van der Waals surface area contributed by atoms with E-state index < -0.39 is 11.6 Å². The minimum atomic E-state index is -0.441. The number of nitrogens with one attached hydrogen (secondary N) is 2. The molecule has 0 aliphatic carbocycles. The maximum Gasteiger partial charge on any atom is 0.225 e. The van der Waals surface area contributed by atoms with Gasteiger partial charge in [0.25, 0.3) is 0 Å². The summed E-state index contributed by atoms with van der Waals surface area (Å²) >= 11 is 0. The Morgan fingerprint density at radius 3 is 2.71 bits per heavy atom. The molecule has 2 rings (SSSR count). The predicted octanol–water partition coefficient (Wildman–Crippen LogP) is 2.96. The summed E-state index contributed by atoms with van der Waals surface area (Å²) in [6.45, 7) is 1.94. The molecule has 0 bridgehead atoms. The number of benzene rings is 2. The third-order valence-corrected chi connectivity index (χ3v) is 3.54. The van der Waals surface area contributed by atoms with Crippen LogP contribution in [0.5, 0.6) is 0 Å². The molecule has 2 aromatic carbocycles. The van der Waals surface area contributed by atoms with Gasteiger partial charge in [0.2, 0.25) is 5.91 Å². The van der Waals surface area contributed by atoms with E-state index in [1.165, 1.54) is 24.3 Å². The summed E-state index contributed by atoms with van der Waals surface area (Å²) in [5.41, 5.74) is 1.47. The fraction of sp³-hybridized carbons (Fsp3) is 0.278. The van der Waals surface area contributed by atoms with Crippen LogP contribution in [0.25, 0.3) is 0 Å². The van der Waals surface area contributed by atoms with Crippen LogP contribution in [-0.2, 0) is 17.9 Å². The molecule has 0 saturated heterocycles. The first-order valence-corrected chi connectivity index (χ1v) is 7.65. The first-order valence-electron chi connectivity index (χ1n) is 7.65. The van der Waals surface area contributed by atoms with Crippen molar-refractivity contribution >= 4 is 11.6 Å². The molecule has 1 unspecified atom stereocenters. The third kappa shape index (κ3) is 5.40. The molecule has 1 atom stereocenters. The normalized spacial score (nSPS) is 12.0. The van der Waals surface area contributed by atoms with Crippen LogP contribution in [-0.4, -0.2) is 17.1 Å². The average Bonchev–Trinajstić information content (AvgIpc) is 2.54. The zero-order valence-corrected chi connectivity index (χ0v) is 13.4. The zero-order chi connectivity index (χ0) is 17.5. The topological polar surface area (TPSA) is 61.4 Å². The largest absolute Gasteiger partial charge is 0.392 e. The zero-order valence-electron chi connectivity index (χ0n) is 13.4. The number of amides is 1. The van der Waals surface area contributed by atoms with E-state index >= 15 is 0 Å². The molecule has 0 fully saturated rings. The van der Waals surface area contributed by atoms with Gasteiger partial charge < -0.3 is 15.7 Å². The fourth-order valence-corrected chi connectivity index (χ4v) is 2.28. The first-order chi connectivity index (χ1) is 11.5. The van der Waals surface area contributed by atoms with Crippen molar-refractivity contribution in [1.82, 2.24) is 5.32 Å². The minimum Gasteiger partial charge on any atom is -0.392 e. The van der Waals surface area contributed by atoms with E-state index in [1.807, 2.05) is 6.92 Å². The molecule has 0 radical (unpaired) electrons. The summed E-state index contributed by atoms with van der Waals surface area (Å²) < 4.78 is 26.4. The Labute approximate surface area is 139 Å². The highest BCUT2D eigenvalue weighted by molar-refractivity contribution is 5.91. The molecule has 6 heteroatoms. The lowest BCUT2D eigenvalue weighted by Crippen LogP contribution is -2.30. The molecule has 24 heavy (non-hydrogen) atoms. The molecule has 0 spiro atoms. The molecule has 3 N–H and O–H groups in total. The van der Waals surface area contributed by atoms with Crippen LogP contribution < -0.4 is 10.6 Å². The summed E-state index contributed by atoms with van der Waals surface area (Å²) in [5, 5.41) is 14.9. The van der Waals surface area contributed by atoms with E-state index in [2.05, 4.69) is 10.6 Å². The lowest BCUT2D eigenvalue weighted by Gasteiger charge is -2.14. The monoisotopic (exact) mass is 334 g/mol. The van der Waals surface area contributed by atoms with E-state index in [4.69, 9.17) is 5.11 Å². The maximum absolute atomic E-state index is 13.3. The van der Waals surface area contributed by atoms with Gasteiger partial charge in [0, 0.05) is 30.3 Å². The number of rotatable bonds is 7. The van der Waals surface area contributed by atoms with Gasteiger partial charge in [-0.15, -0.1) is 0 Å². The number of anilines is 1.